The van der Waals surface area contributed by atoms with Gasteiger partial charge in [-0.15, -0.1) is 0 Å². The van der Waals surface area contributed by atoms with Gasteiger partial charge in [-0.25, -0.2) is 4.79 Å². The van der Waals surface area contributed by atoms with Crippen molar-refractivity contribution >= 4 is 11.5 Å². The summed E-state index contributed by atoms with van der Waals surface area (Å²) < 4.78 is 11.3. The minimum atomic E-state index is -0.555. The third-order valence-corrected chi connectivity index (χ3v) is 4.98. The molecule has 1 unspecified atom stereocenters. The van der Waals surface area contributed by atoms with Crippen LogP contribution in [0.2, 0.25) is 0 Å². The summed E-state index contributed by atoms with van der Waals surface area (Å²) >= 11 is 0. The van der Waals surface area contributed by atoms with Gasteiger partial charge in [-0.05, 0) is 35.8 Å². The van der Waals surface area contributed by atoms with Gasteiger partial charge in [0.2, 0.25) is 0 Å². The van der Waals surface area contributed by atoms with Crippen molar-refractivity contribution in [1.29, 1.82) is 0 Å². The van der Waals surface area contributed by atoms with Crippen LogP contribution in [0, 0.1) is 0 Å². The van der Waals surface area contributed by atoms with Crippen LogP contribution in [0.4, 0.5) is 5.82 Å². The first-order valence-electron chi connectivity index (χ1n) is 9.82. The molecule has 4 rings (SSSR count). The summed E-state index contributed by atoms with van der Waals surface area (Å²) in [6, 6.07) is 15.4. The lowest BCUT2D eigenvalue weighted by Crippen LogP contribution is -2.31. The number of methoxy groups -OCH3 is 1. The third-order valence-electron chi connectivity index (χ3n) is 4.98. The molecule has 0 amide bonds. The Morgan fingerprint density at radius 1 is 1.00 bits per heavy atom. The molecule has 30 heavy (non-hydrogen) atoms. The number of rotatable bonds is 6. The zero-order valence-electron chi connectivity index (χ0n) is 16.8. The molecule has 7 nitrogen and oxygen atoms in total. The molecule has 1 atom stereocenters. The first-order valence-corrected chi connectivity index (χ1v) is 9.82. The van der Waals surface area contributed by atoms with Gasteiger partial charge in [-0.1, -0.05) is 43.3 Å². The van der Waals surface area contributed by atoms with E-state index in [0.717, 1.165) is 23.2 Å². The fraction of sp³-hybridized carbons (Fsp3) is 0.217. The van der Waals surface area contributed by atoms with E-state index in [2.05, 4.69) is 15.3 Å². The van der Waals surface area contributed by atoms with Gasteiger partial charge in [0.15, 0.2) is 11.5 Å². The van der Waals surface area contributed by atoms with E-state index in [1.54, 1.807) is 7.11 Å². The lowest BCUT2D eigenvalue weighted by molar-refractivity contribution is 0.294. The second-order valence-electron chi connectivity index (χ2n) is 7.00. The molecule has 7 heteroatoms. The van der Waals surface area contributed by atoms with Gasteiger partial charge in [0.05, 0.1) is 19.3 Å². The SMILES string of the molecule is CCCOc1ccc(C2C=C(c3ccccc3)Nc3[nH]c(=O)[nH]c(=O)c32)cc1OC. The van der Waals surface area contributed by atoms with E-state index in [4.69, 9.17) is 9.47 Å². The highest BCUT2D eigenvalue weighted by Gasteiger charge is 2.27. The van der Waals surface area contributed by atoms with Gasteiger partial charge in [0.1, 0.15) is 5.82 Å². The van der Waals surface area contributed by atoms with Crippen LogP contribution in [0.5, 0.6) is 11.5 Å². The third kappa shape index (κ3) is 3.74. The molecule has 3 aromatic rings. The maximum absolute atomic E-state index is 12.7. The number of ether oxygens (including phenoxy) is 2. The highest BCUT2D eigenvalue weighted by atomic mass is 16.5. The Labute approximate surface area is 173 Å². The van der Waals surface area contributed by atoms with Crippen molar-refractivity contribution in [2.75, 3.05) is 19.0 Å². The summed E-state index contributed by atoms with van der Waals surface area (Å²) in [6.45, 7) is 2.63. The minimum absolute atomic E-state index is 0.383. The van der Waals surface area contributed by atoms with E-state index in [-0.39, 0.29) is 5.92 Å². The van der Waals surface area contributed by atoms with Crippen LogP contribution in [0.1, 0.15) is 36.0 Å². The number of hydrogen-bond donors (Lipinski definition) is 3. The van der Waals surface area contributed by atoms with Gasteiger partial charge in [-0.2, -0.15) is 0 Å². The van der Waals surface area contributed by atoms with E-state index >= 15 is 0 Å². The van der Waals surface area contributed by atoms with Gasteiger partial charge in [0, 0.05) is 11.6 Å². The lowest BCUT2D eigenvalue weighted by Gasteiger charge is -2.25. The van der Waals surface area contributed by atoms with Gasteiger partial charge < -0.3 is 14.8 Å². The average molecular weight is 405 g/mol. The van der Waals surface area contributed by atoms with Crippen LogP contribution in [-0.4, -0.2) is 23.7 Å². The zero-order chi connectivity index (χ0) is 21.1. The molecule has 0 saturated carbocycles. The molecule has 0 fully saturated rings. The Balaban J connectivity index is 1.85. The van der Waals surface area contributed by atoms with Crippen molar-refractivity contribution in [3.8, 4) is 11.5 Å². The second-order valence-corrected chi connectivity index (χ2v) is 7.00. The van der Waals surface area contributed by atoms with Crippen LogP contribution in [-0.2, 0) is 0 Å². The van der Waals surface area contributed by atoms with Crippen molar-refractivity contribution in [3.63, 3.8) is 0 Å². The first kappa shape index (κ1) is 19.6. The monoisotopic (exact) mass is 405 g/mol. The molecule has 2 heterocycles. The van der Waals surface area contributed by atoms with Crippen LogP contribution >= 0.6 is 0 Å². The van der Waals surface area contributed by atoms with Crippen LogP contribution in [0.25, 0.3) is 5.70 Å². The highest BCUT2D eigenvalue weighted by molar-refractivity contribution is 5.81. The predicted octanol–water partition coefficient (Wildman–Crippen LogP) is 3.46. The molecular formula is C23H23N3O4. The summed E-state index contributed by atoms with van der Waals surface area (Å²) in [5.41, 5.74) is 2.06. The average Bonchev–Trinajstić information content (AvgIpc) is 2.77. The van der Waals surface area contributed by atoms with Gasteiger partial charge >= 0.3 is 5.69 Å². The number of anilines is 1. The molecule has 0 aliphatic carbocycles. The fourth-order valence-electron chi connectivity index (χ4n) is 3.58. The van der Waals surface area contributed by atoms with Crippen molar-refractivity contribution in [2.24, 2.45) is 0 Å². The smallest absolute Gasteiger partial charge is 0.327 e. The predicted molar refractivity (Wildman–Crippen MR) is 116 cm³/mol. The van der Waals surface area contributed by atoms with E-state index in [1.165, 1.54) is 0 Å². The molecule has 0 spiro atoms. The van der Waals surface area contributed by atoms with Crippen molar-refractivity contribution < 1.29 is 9.47 Å². The Hall–Kier alpha value is -3.74. The summed E-state index contributed by atoms with van der Waals surface area (Å²) in [5, 5.41) is 3.19. The molecule has 0 radical (unpaired) electrons. The Morgan fingerprint density at radius 3 is 2.53 bits per heavy atom. The van der Waals surface area contributed by atoms with E-state index in [1.807, 2.05) is 61.5 Å². The number of hydrogen-bond acceptors (Lipinski definition) is 5. The van der Waals surface area contributed by atoms with E-state index < -0.39 is 11.2 Å². The number of allylic oxidation sites excluding steroid dienone is 1. The van der Waals surface area contributed by atoms with Crippen LogP contribution in [0.15, 0.2) is 64.2 Å². The van der Waals surface area contributed by atoms with Crippen LogP contribution < -0.4 is 26.0 Å². The van der Waals surface area contributed by atoms with E-state index in [0.29, 0.717) is 29.5 Å². The number of fused-ring (bicyclic) bond motifs is 1. The molecule has 3 N–H and O–H groups in total. The van der Waals surface area contributed by atoms with E-state index in [9.17, 15) is 9.59 Å². The first-order chi connectivity index (χ1) is 14.6. The summed E-state index contributed by atoms with van der Waals surface area (Å²) in [6.07, 6.45) is 2.87. The maximum atomic E-state index is 12.7. The number of aromatic amines is 2. The standard InChI is InChI=1S/C23H23N3O4/c1-3-11-30-18-10-9-15(12-19(18)29-2)16-13-17(14-7-5-4-6-8-14)24-21-20(16)22(27)26-23(28)25-21/h4-10,12-13,16H,3,11H2,1-2H3,(H3,24,25,26,27,28). The lowest BCUT2D eigenvalue weighted by atomic mass is 9.88. The highest BCUT2D eigenvalue weighted by Crippen LogP contribution is 2.39. The second kappa shape index (κ2) is 8.32. The molecule has 0 bridgehead atoms. The Morgan fingerprint density at radius 2 is 1.80 bits per heavy atom. The molecular weight excluding hydrogens is 382 g/mol. The minimum Gasteiger partial charge on any atom is -0.493 e. The van der Waals surface area contributed by atoms with Crippen molar-refractivity contribution in [2.45, 2.75) is 19.3 Å². The van der Waals surface area contributed by atoms with Crippen molar-refractivity contribution in [1.82, 2.24) is 9.97 Å². The molecule has 1 aliphatic rings. The number of aromatic nitrogens is 2. The quantitative estimate of drug-likeness (QED) is 0.584. The maximum Gasteiger partial charge on any atom is 0.327 e. The Bertz CT molecular complexity index is 1200. The molecule has 0 saturated heterocycles. The molecule has 1 aliphatic heterocycles. The zero-order valence-corrected chi connectivity index (χ0v) is 16.8. The Kier molecular flexibility index (Phi) is 5.43. The number of H-pyrrole nitrogens is 2. The van der Waals surface area contributed by atoms with Crippen LogP contribution in [0.3, 0.4) is 0 Å². The fourth-order valence-corrected chi connectivity index (χ4v) is 3.58. The summed E-state index contributed by atoms with van der Waals surface area (Å²) in [5.74, 6) is 1.25. The number of benzene rings is 2. The summed E-state index contributed by atoms with van der Waals surface area (Å²) in [7, 11) is 1.59. The molecule has 1 aromatic heterocycles. The normalized spacial score (nSPS) is 15.0. The largest absolute Gasteiger partial charge is 0.493 e. The topological polar surface area (TPSA) is 96.2 Å². The number of nitrogens with one attached hydrogen (secondary N) is 3. The van der Waals surface area contributed by atoms with Gasteiger partial charge in [-0.3, -0.25) is 14.8 Å². The van der Waals surface area contributed by atoms with Gasteiger partial charge in [0.25, 0.3) is 5.56 Å². The summed E-state index contributed by atoms with van der Waals surface area (Å²) in [4.78, 5) is 29.6. The molecule has 2 aromatic carbocycles. The van der Waals surface area contributed by atoms with Crippen molar-refractivity contribution in [3.05, 3.63) is 92.1 Å². The molecule has 154 valence electrons.